The van der Waals surface area contributed by atoms with E-state index in [1.807, 2.05) is 19.1 Å². The zero-order chi connectivity index (χ0) is 8.43. The van der Waals surface area contributed by atoms with E-state index in [-0.39, 0.29) is 0 Å². The van der Waals surface area contributed by atoms with Gasteiger partial charge in [0.2, 0.25) is 0 Å². The van der Waals surface area contributed by atoms with Crippen molar-refractivity contribution in [3.8, 4) is 5.75 Å². The first-order chi connectivity index (χ1) is 5.16. The Labute approximate surface area is 74.5 Å². The lowest BCUT2D eigenvalue weighted by Crippen LogP contribution is -1.93. The highest BCUT2D eigenvalue weighted by Crippen LogP contribution is 2.33. The summed E-state index contributed by atoms with van der Waals surface area (Å²) in [4.78, 5) is 0. The minimum Gasteiger partial charge on any atom is -0.495 e. The van der Waals surface area contributed by atoms with Gasteiger partial charge in [0.1, 0.15) is 5.75 Å². The molecule has 2 nitrogen and oxygen atoms in total. The molecule has 0 aliphatic carbocycles. The van der Waals surface area contributed by atoms with Gasteiger partial charge >= 0.3 is 0 Å². The van der Waals surface area contributed by atoms with Crippen molar-refractivity contribution in [1.82, 2.24) is 0 Å². The number of methoxy groups -OCH3 is 1. The normalized spacial score (nSPS) is 9.73. The van der Waals surface area contributed by atoms with Crippen molar-refractivity contribution in [2.45, 2.75) is 6.92 Å². The Morgan fingerprint density at radius 2 is 2.09 bits per heavy atom. The Hall–Kier alpha value is -0.700. The molecule has 0 spiro atoms. The van der Waals surface area contributed by atoms with Crippen LogP contribution in [-0.4, -0.2) is 7.11 Å². The fourth-order valence-electron chi connectivity index (χ4n) is 0.918. The van der Waals surface area contributed by atoms with E-state index < -0.39 is 0 Å². The van der Waals surface area contributed by atoms with Crippen LogP contribution in [0.3, 0.4) is 0 Å². The highest BCUT2D eigenvalue weighted by atomic mass is 79.9. The minimum absolute atomic E-state index is 0.701. The molecule has 0 fully saturated rings. The van der Waals surface area contributed by atoms with Crippen LogP contribution in [0.1, 0.15) is 5.56 Å². The summed E-state index contributed by atoms with van der Waals surface area (Å²) in [5, 5.41) is 0. The van der Waals surface area contributed by atoms with E-state index in [1.54, 1.807) is 7.11 Å². The summed E-state index contributed by atoms with van der Waals surface area (Å²) in [5.74, 6) is 0.810. The first kappa shape index (κ1) is 8.40. The van der Waals surface area contributed by atoms with Gasteiger partial charge in [0.05, 0.1) is 11.6 Å². The number of ether oxygens (including phenoxy) is 1. The summed E-state index contributed by atoms with van der Waals surface area (Å²) in [5.41, 5.74) is 7.42. The molecular weight excluding hydrogens is 206 g/mol. The molecule has 0 bridgehead atoms. The Balaban J connectivity index is 3.29. The highest BCUT2D eigenvalue weighted by molar-refractivity contribution is 9.10. The molecule has 0 saturated heterocycles. The summed E-state index contributed by atoms with van der Waals surface area (Å²) < 4.78 is 5.96. The van der Waals surface area contributed by atoms with Crippen LogP contribution < -0.4 is 10.5 Å². The van der Waals surface area contributed by atoms with Gasteiger partial charge in [0, 0.05) is 5.69 Å². The number of nitrogen functional groups attached to an aromatic ring is 1. The predicted octanol–water partition coefficient (Wildman–Crippen LogP) is 2.35. The molecule has 0 saturated carbocycles. The van der Waals surface area contributed by atoms with E-state index in [0.29, 0.717) is 5.69 Å². The smallest absolute Gasteiger partial charge is 0.138 e. The van der Waals surface area contributed by atoms with Crippen LogP contribution in [0.25, 0.3) is 0 Å². The van der Waals surface area contributed by atoms with Gasteiger partial charge in [-0.3, -0.25) is 0 Å². The third kappa shape index (κ3) is 1.48. The van der Waals surface area contributed by atoms with Gasteiger partial charge in [-0.15, -0.1) is 0 Å². The van der Waals surface area contributed by atoms with E-state index >= 15 is 0 Å². The molecule has 0 aliphatic heterocycles. The molecule has 3 heteroatoms. The Morgan fingerprint density at radius 3 is 2.55 bits per heavy atom. The zero-order valence-corrected chi connectivity index (χ0v) is 8.10. The Bertz CT molecular complexity index is 273. The van der Waals surface area contributed by atoms with E-state index in [1.165, 1.54) is 0 Å². The first-order valence-corrected chi connectivity index (χ1v) is 4.04. The molecule has 2 N–H and O–H groups in total. The topological polar surface area (TPSA) is 35.2 Å². The van der Waals surface area contributed by atoms with Crippen LogP contribution in [0.4, 0.5) is 5.69 Å². The number of hydrogen-bond acceptors (Lipinski definition) is 2. The molecule has 1 rings (SSSR count). The summed E-state index contributed by atoms with van der Waals surface area (Å²) in [6, 6.07) is 3.78. The van der Waals surface area contributed by atoms with Gasteiger partial charge in [0.15, 0.2) is 0 Å². The molecule has 0 radical (unpaired) electrons. The fraction of sp³-hybridized carbons (Fsp3) is 0.250. The standard InChI is InChI=1S/C8H10BrNO/c1-5-3-4-6(10)7(9)8(5)11-2/h3-4H,10H2,1-2H3. The van der Waals surface area contributed by atoms with Crippen molar-refractivity contribution in [3.63, 3.8) is 0 Å². The van der Waals surface area contributed by atoms with Crippen LogP contribution in [0, 0.1) is 6.92 Å². The third-order valence-corrected chi connectivity index (χ3v) is 2.35. The number of halogens is 1. The largest absolute Gasteiger partial charge is 0.495 e. The molecule has 1 aromatic rings. The molecule has 60 valence electrons. The molecule has 0 aromatic heterocycles. The van der Waals surface area contributed by atoms with Crippen LogP contribution in [0.15, 0.2) is 16.6 Å². The lowest BCUT2D eigenvalue weighted by atomic mass is 10.2. The SMILES string of the molecule is COc1c(C)ccc(N)c1Br. The molecular formula is C8H10BrNO. The first-order valence-electron chi connectivity index (χ1n) is 3.25. The number of anilines is 1. The summed E-state index contributed by atoms with van der Waals surface area (Å²) in [6.07, 6.45) is 0. The second kappa shape index (κ2) is 3.13. The summed E-state index contributed by atoms with van der Waals surface area (Å²) >= 11 is 3.34. The van der Waals surface area contributed by atoms with Crippen molar-refractivity contribution in [1.29, 1.82) is 0 Å². The van der Waals surface area contributed by atoms with Gasteiger partial charge in [-0.2, -0.15) is 0 Å². The highest BCUT2D eigenvalue weighted by Gasteiger charge is 2.05. The Morgan fingerprint density at radius 1 is 1.45 bits per heavy atom. The second-order valence-electron chi connectivity index (χ2n) is 2.32. The lowest BCUT2D eigenvalue weighted by molar-refractivity contribution is 0.409. The van der Waals surface area contributed by atoms with E-state index in [4.69, 9.17) is 10.5 Å². The number of nitrogens with two attached hydrogens (primary N) is 1. The zero-order valence-electron chi connectivity index (χ0n) is 6.52. The molecule has 11 heavy (non-hydrogen) atoms. The maximum Gasteiger partial charge on any atom is 0.138 e. The van der Waals surface area contributed by atoms with Crippen LogP contribution in [0.5, 0.6) is 5.75 Å². The summed E-state index contributed by atoms with van der Waals surface area (Å²) in [7, 11) is 1.63. The van der Waals surface area contributed by atoms with E-state index in [2.05, 4.69) is 15.9 Å². The quantitative estimate of drug-likeness (QED) is 0.731. The van der Waals surface area contributed by atoms with Crippen LogP contribution in [0.2, 0.25) is 0 Å². The van der Waals surface area contributed by atoms with Crippen molar-refractivity contribution in [2.24, 2.45) is 0 Å². The molecule has 0 amide bonds. The average Bonchev–Trinajstić information content (AvgIpc) is 1.99. The third-order valence-electron chi connectivity index (χ3n) is 1.53. The van der Waals surface area contributed by atoms with Crippen LogP contribution in [-0.2, 0) is 0 Å². The summed E-state index contributed by atoms with van der Waals surface area (Å²) in [6.45, 7) is 1.98. The fourth-order valence-corrected chi connectivity index (χ4v) is 1.53. The number of benzene rings is 1. The molecule has 0 heterocycles. The van der Waals surface area contributed by atoms with Crippen LogP contribution >= 0.6 is 15.9 Å². The minimum atomic E-state index is 0.701. The number of hydrogen-bond donors (Lipinski definition) is 1. The van der Waals surface area contributed by atoms with Gasteiger partial charge in [-0.25, -0.2) is 0 Å². The van der Waals surface area contributed by atoms with Crippen molar-refractivity contribution < 1.29 is 4.74 Å². The number of aryl methyl sites for hydroxylation is 1. The molecule has 0 atom stereocenters. The molecule has 1 aromatic carbocycles. The maximum atomic E-state index is 5.64. The Kier molecular flexibility index (Phi) is 2.39. The molecule has 0 aliphatic rings. The van der Waals surface area contributed by atoms with E-state index in [9.17, 15) is 0 Å². The van der Waals surface area contributed by atoms with Crippen molar-refractivity contribution in [2.75, 3.05) is 12.8 Å². The second-order valence-corrected chi connectivity index (χ2v) is 3.11. The average molecular weight is 216 g/mol. The van der Waals surface area contributed by atoms with Crippen molar-refractivity contribution >= 4 is 21.6 Å². The van der Waals surface area contributed by atoms with Gasteiger partial charge < -0.3 is 10.5 Å². The van der Waals surface area contributed by atoms with E-state index in [0.717, 1.165) is 15.8 Å². The predicted molar refractivity (Wildman–Crippen MR) is 49.8 cm³/mol. The monoisotopic (exact) mass is 215 g/mol. The van der Waals surface area contributed by atoms with Gasteiger partial charge in [-0.1, -0.05) is 6.07 Å². The van der Waals surface area contributed by atoms with Gasteiger partial charge in [-0.05, 0) is 34.5 Å². The van der Waals surface area contributed by atoms with Crippen molar-refractivity contribution in [3.05, 3.63) is 22.2 Å². The number of rotatable bonds is 1. The van der Waals surface area contributed by atoms with Gasteiger partial charge in [0.25, 0.3) is 0 Å². The maximum absolute atomic E-state index is 5.64. The lowest BCUT2D eigenvalue weighted by Gasteiger charge is -2.08. The molecule has 0 unspecified atom stereocenters.